The molecule has 0 aliphatic heterocycles. The third-order valence-electron chi connectivity index (χ3n) is 1.80. The summed E-state index contributed by atoms with van der Waals surface area (Å²) in [5.74, 6) is -0.351. The van der Waals surface area contributed by atoms with Crippen molar-refractivity contribution in [3.05, 3.63) is 22.2 Å². The molecule has 0 aromatic rings. The Balaban J connectivity index is 2.98. The minimum atomic E-state index is -0.684. The zero-order chi connectivity index (χ0) is 10.1. The van der Waals surface area contributed by atoms with Crippen molar-refractivity contribution >= 4 is 40.6 Å². The highest BCUT2D eigenvalue weighted by Gasteiger charge is 2.30. The first kappa shape index (κ1) is 11.1. The largest absolute Gasteiger partial charge is 0.287 e. The number of hydrogen-bond donors (Lipinski definition) is 0. The number of carbonyl (C=O) groups excluding carboxylic acids is 1. The van der Waals surface area contributed by atoms with Gasteiger partial charge in [0.1, 0.15) is 0 Å². The number of allylic oxidation sites excluding steroid dienone is 4. The van der Waals surface area contributed by atoms with Gasteiger partial charge in [-0.15, -0.1) is 11.6 Å². The van der Waals surface area contributed by atoms with E-state index in [2.05, 4.69) is 0 Å². The summed E-state index contributed by atoms with van der Waals surface area (Å²) >= 11 is 17.5. The van der Waals surface area contributed by atoms with Gasteiger partial charge in [-0.1, -0.05) is 36.5 Å². The van der Waals surface area contributed by atoms with E-state index in [-0.39, 0.29) is 15.8 Å². The molecule has 1 nitrogen and oxygen atoms in total. The van der Waals surface area contributed by atoms with Gasteiger partial charge >= 0.3 is 0 Å². The Morgan fingerprint density at radius 2 is 1.77 bits per heavy atom. The molecule has 0 amide bonds. The Labute approximate surface area is 92.3 Å². The van der Waals surface area contributed by atoms with E-state index < -0.39 is 4.87 Å². The molecule has 0 saturated carbocycles. The minimum Gasteiger partial charge on any atom is -0.287 e. The lowest BCUT2D eigenvalue weighted by Crippen LogP contribution is -2.21. The Hall–Kier alpha value is 0.0200. The first-order valence-electron chi connectivity index (χ1n) is 3.99. The maximum absolute atomic E-state index is 11.2. The van der Waals surface area contributed by atoms with Crippen molar-refractivity contribution < 1.29 is 4.79 Å². The topological polar surface area (TPSA) is 17.1 Å². The van der Waals surface area contributed by atoms with E-state index >= 15 is 0 Å². The SMILES string of the molecule is CCCC1(Cl)C=C(Cl)C(=O)C(Cl)=C1. The zero-order valence-corrected chi connectivity index (χ0v) is 9.38. The van der Waals surface area contributed by atoms with Crippen LogP contribution >= 0.6 is 34.8 Å². The van der Waals surface area contributed by atoms with Crippen molar-refractivity contribution in [3.63, 3.8) is 0 Å². The van der Waals surface area contributed by atoms with Gasteiger partial charge < -0.3 is 0 Å². The third kappa shape index (κ3) is 2.49. The predicted molar refractivity (Wildman–Crippen MR) is 56.4 cm³/mol. The van der Waals surface area contributed by atoms with E-state index in [4.69, 9.17) is 34.8 Å². The number of carbonyl (C=O) groups is 1. The molecule has 0 atom stereocenters. The lowest BCUT2D eigenvalue weighted by Gasteiger charge is -2.22. The second kappa shape index (κ2) is 4.04. The molecule has 0 saturated heterocycles. The van der Waals surface area contributed by atoms with Crippen LogP contribution < -0.4 is 0 Å². The van der Waals surface area contributed by atoms with Gasteiger partial charge in [-0.25, -0.2) is 0 Å². The average Bonchev–Trinajstić information content (AvgIpc) is 2.00. The van der Waals surface area contributed by atoms with Gasteiger partial charge in [0.05, 0.1) is 14.9 Å². The third-order valence-corrected chi connectivity index (χ3v) is 2.77. The monoisotopic (exact) mass is 238 g/mol. The molecule has 72 valence electrons. The lowest BCUT2D eigenvalue weighted by molar-refractivity contribution is -0.111. The Kier molecular flexibility index (Phi) is 3.44. The fourth-order valence-electron chi connectivity index (χ4n) is 1.24. The molecule has 0 heterocycles. The summed E-state index contributed by atoms with van der Waals surface area (Å²) < 4.78 is 0. The van der Waals surface area contributed by atoms with Crippen LogP contribution in [0.1, 0.15) is 19.8 Å². The first-order valence-corrected chi connectivity index (χ1v) is 5.12. The predicted octanol–water partition coefficient (Wildman–Crippen LogP) is 3.59. The van der Waals surface area contributed by atoms with Crippen LogP contribution in [-0.4, -0.2) is 10.7 Å². The molecule has 0 radical (unpaired) electrons. The molecule has 1 rings (SSSR count). The van der Waals surface area contributed by atoms with Crippen LogP contribution in [0.3, 0.4) is 0 Å². The number of Topliss-reactive ketones (excluding diaryl/α,β-unsaturated/α-hetero) is 1. The van der Waals surface area contributed by atoms with Crippen molar-refractivity contribution in [1.29, 1.82) is 0 Å². The average molecular weight is 240 g/mol. The normalized spacial score (nSPS) is 21.1. The molecule has 13 heavy (non-hydrogen) atoms. The lowest BCUT2D eigenvalue weighted by atomic mass is 9.96. The van der Waals surface area contributed by atoms with E-state index in [1.165, 1.54) is 0 Å². The molecule has 0 fully saturated rings. The molecule has 1 aliphatic carbocycles. The van der Waals surface area contributed by atoms with Crippen molar-refractivity contribution in [1.82, 2.24) is 0 Å². The van der Waals surface area contributed by atoms with Crippen molar-refractivity contribution in [2.45, 2.75) is 24.6 Å². The molecule has 0 bridgehead atoms. The molecular weight excluding hydrogens is 230 g/mol. The van der Waals surface area contributed by atoms with Gasteiger partial charge in [0, 0.05) is 0 Å². The van der Waals surface area contributed by atoms with E-state index in [0.29, 0.717) is 6.42 Å². The van der Waals surface area contributed by atoms with Crippen LogP contribution in [0.15, 0.2) is 22.2 Å². The summed E-state index contributed by atoms with van der Waals surface area (Å²) in [6.07, 6.45) is 4.72. The summed E-state index contributed by atoms with van der Waals surface area (Å²) in [6.45, 7) is 2.00. The smallest absolute Gasteiger partial charge is 0.215 e. The van der Waals surface area contributed by atoms with Crippen LogP contribution in [0.25, 0.3) is 0 Å². The maximum Gasteiger partial charge on any atom is 0.215 e. The van der Waals surface area contributed by atoms with Crippen LogP contribution in [0.2, 0.25) is 0 Å². The van der Waals surface area contributed by atoms with E-state index in [1.54, 1.807) is 12.2 Å². The molecule has 0 N–H and O–H groups in total. The van der Waals surface area contributed by atoms with Gasteiger partial charge in [0.15, 0.2) is 0 Å². The van der Waals surface area contributed by atoms with Gasteiger partial charge in [-0.05, 0) is 18.6 Å². The number of rotatable bonds is 2. The minimum absolute atomic E-state index is 0.107. The number of hydrogen-bond acceptors (Lipinski definition) is 1. The van der Waals surface area contributed by atoms with Gasteiger partial charge in [-0.2, -0.15) is 0 Å². The number of alkyl halides is 1. The standard InChI is InChI=1S/C9H9Cl3O/c1-2-3-9(12)4-6(10)8(13)7(11)5-9/h4-5H,2-3H2,1H3. The second-order valence-corrected chi connectivity index (χ2v) is 4.51. The van der Waals surface area contributed by atoms with Crippen LogP contribution in [0, 0.1) is 0 Å². The Morgan fingerprint density at radius 3 is 2.15 bits per heavy atom. The van der Waals surface area contributed by atoms with Crippen LogP contribution in [0.4, 0.5) is 0 Å². The molecule has 0 unspecified atom stereocenters. The summed E-state index contributed by atoms with van der Waals surface area (Å²) in [5.41, 5.74) is 0. The van der Waals surface area contributed by atoms with Gasteiger partial charge in [0.25, 0.3) is 0 Å². The summed E-state index contributed by atoms with van der Waals surface area (Å²) in [6, 6.07) is 0. The Bertz CT molecular complexity index is 269. The van der Waals surface area contributed by atoms with Crippen LogP contribution in [0.5, 0.6) is 0 Å². The van der Waals surface area contributed by atoms with Gasteiger partial charge in [0.2, 0.25) is 5.78 Å². The molecule has 4 heteroatoms. The van der Waals surface area contributed by atoms with Crippen molar-refractivity contribution in [2.24, 2.45) is 0 Å². The first-order chi connectivity index (χ1) is 5.98. The molecule has 0 spiro atoms. The van der Waals surface area contributed by atoms with Crippen molar-refractivity contribution in [2.75, 3.05) is 0 Å². The van der Waals surface area contributed by atoms with E-state index in [1.807, 2.05) is 6.92 Å². The molecular formula is C9H9Cl3O. The quantitative estimate of drug-likeness (QED) is 0.673. The van der Waals surface area contributed by atoms with Crippen molar-refractivity contribution in [3.8, 4) is 0 Å². The summed E-state index contributed by atoms with van der Waals surface area (Å²) in [7, 11) is 0. The fourth-order valence-corrected chi connectivity index (χ4v) is 2.40. The number of ketones is 1. The fraction of sp³-hybridized carbons (Fsp3) is 0.444. The summed E-state index contributed by atoms with van der Waals surface area (Å²) in [5, 5.41) is 0.215. The summed E-state index contributed by atoms with van der Waals surface area (Å²) in [4.78, 5) is 10.5. The highest BCUT2D eigenvalue weighted by molar-refractivity contribution is 6.55. The zero-order valence-electron chi connectivity index (χ0n) is 7.11. The number of halogens is 3. The molecule has 1 aliphatic rings. The second-order valence-electron chi connectivity index (χ2n) is 2.99. The highest BCUT2D eigenvalue weighted by Crippen LogP contribution is 2.35. The highest BCUT2D eigenvalue weighted by atomic mass is 35.5. The van der Waals surface area contributed by atoms with E-state index in [0.717, 1.165) is 6.42 Å². The Morgan fingerprint density at radius 1 is 1.31 bits per heavy atom. The van der Waals surface area contributed by atoms with E-state index in [9.17, 15) is 4.79 Å². The molecule has 0 aromatic heterocycles. The maximum atomic E-state index is 11.2. The van der Waals surface area contributed by atoms with Crippen LogP contribution in [-0.2, 0) is 4.79 Å². The molecule has 0 aromatic carbocycles. The van der Waals surface area contributed by atoms with Gasteiger partial charge in [-0.3, -0.25) is 4.79 Å².